The van der Waals surface area contributed by atoms with Gasteiger partial charge in [-0.2, -0.15) is 0 Å². The number of carbonyl (C=O) groups excluding carboxylic acids is 2. The molecule has 8 heteroatoms. The van der Waals surface area contributed by atoms with E-state index in [0.29, 0.717) is 36.7 Å². The summed E-state index contributed by atoms with van der Waals surface area (Å²) in [5, 5.41) is 3.06. The van der Waals surface area contributed by atoms with Crippen LogP contribution in [0.1, 0.15) is 80.1 Å². The second-order valence-corrected chi connectivity index (χ2v) is 10.1. The van der Waals surface area contributed by atoms with Crippen LogP contribution >= 0.6 is 0 Å². The molecule has 1 N–H and O–H groups in total. The van der Waals surface area contributed by atoms with Gasteiger partial charge in [0.2, 0.25) is 5.91 Å². The Labute approximate surface area is 201 Å². The van der Waals surface area contributed by atoms with E-state index in [1.165, 1.54) is 12.8 Å². The lowest BCUT2D eigenvalue weighted by Gasteiger charge is -2.31. The number of nitrogens with one attached hydrogen (secondary N) is 1. The van der Waals surface area contributed by atoms with Gasteiger partial charge in [-0.05, 0) is 56.6 Å². The van der Waals surface area contributed by atoms with E-state index in [1.54, 1.807) is 7.11 Å². The Morgan fingerprint density at radius 2 is 1.88 bits per heavy atom. The van der Waals surface area contributed by atoms with E-state index in [-0.39, 0.29) is 24.0 Å². The molecule has 1 aromatic carbocycles. The fraction of sp³-hybridized carbons (Fsp3) is 0.654. The molecular weight excluding hydrogens is 432 g/mol. The number of ether oxygens (including phenoxy) is 2. The number of imidazole rings is 1. The summed E-state index contributed by atoms with van der Waals surface area (Å²) in [6.45, 7) is 2.05. The lowest BCUT2D eigenvalue weighted by atomic mass is 10.0. The van der Waals surface area contributed by atoms with Gasteiger partial charge in [-0.3, -0.25) is 9.59 Å². The van der Waals surface area contributed by atoms with Crippen LogP contribution in [0, 0.1) is 5.92 Å². The Kier molecular flexibility index (Phi) is 6.88. The van der Waals surface area contributed by atoms with E-state index in [2.05, 4.69) is 5.32 Å². The van der Waals surface area contributed by atoms with Gasteiger partial charge >= 0.3 is 0 Å². The predicted molar refractivity (Wildman–Crippen MR) is 130 cm³/mol. The number of nitrogens with zero attached hydrogens (tertiary/aromatic N) is 3. The normalized spacial score (nSPS) is 22.1. The number of anilines is 1. The minimum atomic E-state index is -0.0572. The van der Waals surface area contributed by atoms with Crippen molar-refractivity contribution < 1.29 is 19.1 Å². The van der Waals surface area contributed by atoms with Gasteiger partial charge in [0, 0.05) is 46.0 Å². The molecule has 34 heavy (non-hydrogen) atoms. The van der Waals surface area contributed by atoms with Crippen molar-refractivity contribution in [2.24, 2.45) is 13.0 Å². The summed E-state index contributed by atoms with van der Waals surface area (Å²) in [5.74, 6) is 1.30. The number of benzene rings is 1. The van der Waals surface area contributed by atoms with Crippen molar-refractivity contribution in [2.75, 3.05) is 32.1 Å². The van der Waals surface area contributed by atoms with Crippen LogP contribution in [0.2, 0.25) is 0 Å². The topological polar surface area (TPSA) is 85.7 Å². The third kappa shape index (κ3) is 4.70. The Balaban J connectivity index is 1.47. The van der Waals surface area contributed by atoms with Crippen molar-refractivity contribution in [3.63, 3.8) is 0 Å². The highest BCUT2D eigenvalue weighted by atomic mass is 16.5. The maximum Gasteiger partial charge on any atom is 0.256 e. The number of carbonyl (C=O) groups is 2. The third-order valence-corrected chi connectivity index (χ3v) is 7.75. The summed E-state index contributed by atoms with van der Waals surface area (Å²) in [6, 6.07) is 3.73. The van der Waals surface area contributed by atoms with E-state index in [9.17, 15) is 9.59 Å². The average Bonchev–Trinajstić information content (AvgIpc) is 3.60. The average molecular weight is 469 g/mol. The first-order valence-corrected chi connectivity index (χ1v) is 12.8. The molecule has 184 valence electrons. The van der Waals surface area contributed by atoms with E-state index in [4.69, 9.17) is 14.5 Å². The van der Waals surface area contributed by atoms with Crippen LogP contribution in [0.4, 0.5) is 5.69 Å². The van der Waals surface area contributed by atoms with Crippen LogP contribution in [-0.4, -0.2) is 59.2 Å². The monoisotopic (exact) mass is 468 g/mol. The minimum Gasteiger partial charge on any atom is -0.381 e. The van der Waals surface area contributed by atoms with Crippen LogP contribution < -0.4 is 5.32 Å². The number of rotatable bonds is 6. The van der Waals surface area contributed by atoms with E-state index < -0.39 is 0 Å². The van der Waals surface area contributed by atoms with Gasteiger partial charge in [-0.1, -0.05) is 12.8 Å². The minimum absolute atomic E-state index is 0.0147. The van der Waals surface area contributed by atoms with E-state index >= 15 is 0 Å². The zero-order valence-corrected chi connectivity index (χ0v) is 20.3. The zero-order valence-electron chi connectivity index (χ0n) is 20.3. The van der Waals surface area contributed by atoms with Crippen LogP contribution in [0.3, 0.4) is 0 Å². The summed E-state index contributed by atoms with van der Waals surface area (Å²) in [6.07, 6.45) is 8.95. The number of amides is 2. The maximum absolute atomic E-state index is 13.7. The van der Waals surface area contributed by atoms with Crippen molar-refractivity contribution >= 4 is 28.5 Å². The van der Waals surface area contributed by atoms with E-state index in [0.717, 1.165) is 62.0 Å². The first kappa shape index (κ1) is 23.3. The van der Waals surface area contributed by atoms with E-state index in [1.807, 2.05) is 28.6 Å². The number of fused-ring (bicyclic) bond motifs is 1. The van der Waals surface area contributed by atoms with Gasteiger partial charge in [0.1, 0.15) is 11.9 Å². The van der Waals surface area contributed by atoms with Crippen molar-refractivity contribution in [3.05, 3.63) is 23.5 Å². The number of piperidine rings is 1. The van der Waals surface area contributed by atoms with Crippen LogP contribution in [-0.2, 0) is 21.3 Å². The molecule has 1 aliphatic carbocycles. The lowest BCUT2D eigenvalue weighted by Crippen LogP contribution is -2.40. The molecule has 3 aliphatic rings. The molecule has 2 aromatic rings. The molecule has 0 radical (unpaired) electrons. The van der Waals surface area contributed by atoms with Crippen LogP contribution in [0.5, 0.6) is 0 Å². The standard InChI is InChI=1S/C26H36N4O4/c1-29-24-20(26(32)30-11-9-19(33-2)10-12-30)15-18(27-23(31)14-17-6-3-4-7-17)16-21(24)28-25(29)22-8-5-13-34-22/h15-17,19,22H,3-14H2,1-2H3,(H,27,31). The molecule has 1 saturated carbocycles. The Bertz CT molecular complexity index is 1040. The molecule has 3 heterocycles. The van der Waals surface area contributed by atoms with Gasteiger partial charge in [0.15, 0.2) is 0 Å². The number of methoxy groups -OCH3 is 1. The molecule has 1 unspecified atom stereocenters. The van der Waals surface area contributed by atoms with Gasteiger partial charge in [-0.25, -0.2) is 4.98 Å². The molecule has 3 fully saturated rings. The summed E-state index contributed by atoms with van der Waals surface area (Å²) < 4.78 is 13.4. The molecule has 2 amide bonds. The first-order valence-electron chi connectivity index (χ1n) is 12.8. The summed E-state index contributed by atoms with van der Waals surface area (Å²) in [7, 11) is 3.68. The molecule has 8 nitrogen and oxygen atoms in total. The summed E-state index contributed by atoms with van der Waals surface area (Å²) in [5.41, 5.74) is 2.76. The molecule has 5 rings (SSSR count). The number of hydrogen-bond donors (Lipinski definition) is 1. The Morgan fingerprint density at radius 3 is 2.56 bits per heavy atom. The zero-order chi connectivity index (χ0) is 23.7. The molecular formula is C26H36N4O4. The molecule has 2 aliphatic heterocycles. The van der Waals surface area contributed by atoms with Crippen molar-refractivity contribution in [1.82, 2.24) is 14.5 Å². The molecule has 1 atom stereocenters. The quantitative estimate of drug-likeness (QED) is 0.687. The summed E-state index contributed by atoms with van der Waals surface area (Å²) >= 11 is 0. The summed E-state index contributed by atoms with van der Waals surface area (Å²) in [4.78, 5) is 33.3. The third-order valence-electron chi connectivity index (χ3n) is 7.75. The largest absolute Gasteiger partial charge is 0.381 e. The van der Waals surface area contributed by atoms with Gasteiger partial charge in [0.25, 0.3) is 5.91 Å². The molecule has 1 aromatic heterocycles. The SMILES string of the molecule is COC1CCN(C(=O)c2cc(NC(=O)CC3CCCC3)cc3nc(C4CCCO4)n(C)c23)CC1. The highest BCUT2D eigenvalue weighted by molar-refractivity contribution is 6.07. The second kappa shape index (κ2) is 10.0. The maximum atomic E-state index is 13.7. The van der Waals surface area contributed by atoms with Gasteiger partial charge in [0.05, 0.1) is 22.7 Å². The van der Waals surface area contributed by atoms with Gasteiger partial charge in [-0.15, -0.1) is 0 Å². The predicted octanol–water partition coefficient (Wildman–Crippen LogP) is 4.19. The molecule has 0 spiro atoms. The molecule has 2 saturated heterocycles. The van der Waals surface area contributed by atoms with Crippen molar-refractivity contribution in [1.29, 1.82) is 0 Å². The van der Waals surface area contributed by atoms with Gasteiger partial charge < -0.3 is 24.3 Å². The second-order valence-electron chi connectivity index (χ2n) is 10.1. The fourth-order valence-electron chi connectivity index (χ4n) is 5.83. The molecule has 0 bridgehead atoms. The Hall–Kier alpha value is -2.45. The number of likely N-dealkylation sites (tertiary alicyclic amines) is 1. The lowest BCUT2D eigenvalue weighted by molar-refractivity contribution is -0.117. The van der Waals surface area contributed by atoms with Crippen molar-refractivity contribution in [2.45, 2.75) is 70.0 Å². The number of aryl methyl sites for hydroxylation is 1. The number of aromatic nitrogens is 2. The Morgan fingerprint density at radius 1 is 1.12 bits per heavy atom. The van der Waals surface area contributed by atoms with Crippen LogP contribution in [0.15, 0.2) is 12.1 Å². The first-order chi connectivity index (χ1) is 16.5. The smallest absolute Gasteiger partial charge is 0.256 e. The number of hydrogen-bond acceptors (Lipinski definition) is 5. The fourth-order valence-corrected chi connectivity index (χ4v) is 5.83. The highest BCUT2D eigenvalue weighted by Crippen LogP contribution is 2.34. The van der Waals surface area contributed by atoms with Crippen LogP contribution in [0.25, 0.3) is 11.0 Å². The highest BCUT2D eigenvalue weighted by Gasteiger charge is 2.29. The van der Waals surface area contributed by atoms with Crippen molar-refractivity contribution in [3.8, 4) is 0 Å².